The molecule has 0 aliphatic heterocycles. The molecule has 0 aliphatic rings. The zero-order valence-electron chi connectivity index (χ0n) is 10.9. The van der Waals surface area contributed by atoms with E-state index in [1.54, 1.807) is 0 Å². The van der Waals surface area contributed by atoms with Crippen LogP contribution in [0.15, 0.2) is 0 Å². The minimum Gasteiger partial charge on any atom is -0.316 e. The van der Waals surface area contributed by atoms with E-state index in [0.717, 1.165) is 19.4 Å². The molecule has 16 heavy (non-hydrogen) atoms. The summed E-state index contributed by atoms with van der Waals surface area (Å²) in [4.78, 5) is 0. The zero-order chi connectivity index (χ0) is 12.6. The lowest BCUT2D eigenvalue weighted by atomic mass is 9.96. The van der Waals surface area contributed by atoms with E-state index in [2.05, 4.69) is 23.9 Å². The fourth-order valence-corrected chi connectivity index (χ4v) is 3.11. The monoisotopic (exact) mass is 250 g/mol. The standard InChI is InChI=1S/C11H26N2O2S/c1-5-11(6-2)10(4)13-16(14,15)9-8-12-7-3/h10-13H,5-9H2,1-4H3. The Labute approximate surface area is 100 Å². The van der Waals surface area contributed by atoms with Gasteiger partial charge in [0.15, 0.2) is 0 Å². The van der Waals surface area contributed by atoms with E-state index < -0.39 is 10.0 Å². The molecule has 0 aromatic rings. The van der Waals surface area contributed by atoms with Crippen LogP contribution in [0.1, 0.15) is 40.5 Å². The molecule has 1 unspecified atom stereocenters. The lowest BCUT2D eigenvalue weighted by Crippen LogP contribution is -2.40. The number of nitrogens with one attached hydrogen (secondary N) is 2. The second-order valence-corrected chi connectivity index (χ2v) is 6.03. The maximum atomic E-state index is 11.7. The van der Waals surface area contributed by atoms with Crippen LogP contribution in [0.5, 0.6) is 0 Å². The van der Waals surface area contributed by atoms with Gasteiger partial charge in [0.05, 0.1) is 5.75 Å². The Morgan fingerprint density at radius 1 is 1.12 bits per heavy atom. The summed E-state index contributed by atoms with van der Waals surface area (Å²) in [5.74, 6) is 0.583. The largest absolute Gasteiger partial charge is 0.316 e. The van der Waals surface area contributed by atoms with E-state index >= 15 is 0 Å². The molecule has 0 aromatic heterocycles. The van der Waals surface area contributed by atoms with Gasteiger partial charge in [-0.25, -0.2) is 13.1 Å². The molecule has 0 aliphatic carbocycles. The molecular weight excluding hydrogens is 224 g/mol. The van der Waals surface area contributed by atoms with Crippen LogP contribution >= 0.6 is 0 Å². The molecule has 0 fully saturated rings. The van der Waals surface area contributed by atoms with Crippen molar-refractivity contribution in [2.24, 2.45) is 5.92 Å². The zero-order valence-corrected chi connectivity index (χ0v) is 11.7. The first-order valence-corrected chi connectivity index (χ1v) is 7.82. The lowest BCUT2D eigenvalue weighted by Gasteiger charge is -2.22. The van der Waals surface area contributed by atoms with Gasteiger partial charge in [-0.1, -0.05) is 33.6 Å². The maximum Gasteiger partial charge on any atom is 0.213 e. The van der Waals surface area contributed by atoms with Gasteiger partial charge in [0, 0.05) is 12.6 Å². The van der Waals surface area contributed by atoms with Gasteiger partial charge < -0.3 is 5.32 Å². The fourth-order valence-electron chi connectivity index (χ4n) is 1.82. The maximum absolute atomic E-state index is 11.7. The van der Waals surface area contributed by atoms with Crippen LogP contribution in [-0.2, 0) is 10.0 Å². The molecule has 0 aromatic carbocycles. The summed E-state index contributed by atoms with van der Waals surface area (Å²) >= 11 is 0. The summed E-state index contributed by atoms with van der Waals surface area (Å²) in [5, 5.41) is 3.02. The van der Waals surface area contributed by atoms with Crippen LogP contribution in [0.3, 0.4) is 0 Å². The van der Waals surface area contributed by atoms with Crippen molar-refractivity contribution in [3.8, 4) is 0 Å². The van der Waals surface area contributed by atoms with Crippen molar-refractivity contribution < 1.29 is 8.42 Å². The first kappa shape index (κ1) is 15.9. The summed E-state index contributed by atoms with van der Waals surface area (Å²) in [6.45, 7) is 9.42. The highest BCUT2D eigenvalue weighted by Crippen LogP contribution is 2.13. The van der Waals surface area contributed by atoms with Crippen molar-refractivity contribution in [3.63, 3.8) is 0 Å². The Morgan fingerprint density at radius 2 is 1.69 bits per heavy atom. The smallest absolute Gasteiger partial charge is 0.213 e. The van der Waals surface area contributed by atoms with E-state index in [1.807, 2.05) is 13.8 Å². The SMILES string of the molecule is CCNCCS(=O)(=O)NC(C)C(CC)CC. The van der Waals surface area contributed by atoms with Crippen LogP contribution in [0.2, 0.25) is 0 Å². The Morgan fingerprint density at radius 3 is 2.12 bits per heavy atom. The summed E-state index contributed by atoms with van der Waals surface area (Å²) in [7, 11) is -3.13. The molecule has 5 heteroatoms. The van der Waals surface area contributed by atoms with Crippen LogP contribution in [0.4, 0.5) is 0 Å². The molecule has 0 spiro atoms. The van der Waals surface area contributed by atoms with E-state index in [9.17, 15) is 8.42 Å². The van der Waals surface area contributed by atoms with E-state index in [-0.39, 0.29) is 11.8 Å². The van der Waals surface area contributed by atoms with Crippen LogP contribution in [-0.4, -0.2) is 33.3 Å². The molecule has 4 nitrogen and oxygen atoms in total. The highest BCUT2D eigenvalue weighted by molar-refractivity contribution is 7.89. The molecule has 2 N–H and O–H groups in total. The summed E-state index contributed by atoms with van der Waals surface area (Å²) in [6, 6.07) is 0.0293. The van der Waals surface area contributed by atoms with Gasteiger partial charge in [0.2, 0.25) is 10.0 Å². The molecular formula is C11H26N2O2S. The van der Waals surface area contributed by atoms with Crippen molar-refractivity contribution in [1.82, 2.24) is 10.0 Å². The highest BCUT2D eigenvalue weighted by atomic mass is 32.2. The van der Waals surface area contributed by atoms with Crippen molar-refractivity contribution in [2.45, 2.75) is 46.6 Å². The van der Waals surface area contributed by atoms with Gasteiger partial charge in [-0.3, -0.25) is 0 Å². The quantitative estimate of drug-likeness (QED) is 0.607. The average Bonchev–Trinajstić information content (AvgIpc) is 2.18. The number of hydrogen-bond acceptors (Lipinski definition) is 3. The van der Waals surface area contributed by atoms with Gasteiger partial charge >= 0.3 is 0 Å². The van der Waals surface area contributed by atoms with Gasteiger partial charge in [0.25, 0.3) is 0 Å². The predicted octanol–water partition coefficient (Wildman–Crippen LogP) is 1.34. The molecule has 1 atom stereocenters. The number of hydrogen-bond donors (Lipinski definition) is 2. The Hall–Kier alpha value is -0.130. The predicted molar refractivity (Wildman–Crippen MR) is 69.0 cm³/mol. The molecule has 0 saturated heterocycles. The third-order valence-corrected chi connectivity index (χ3v) is 4.39. The average molecular weight is 250 g/mol. The minimum atomic E-state index is -3.13. The second kappa shape index (κ2) is 8.03. The first-order chi connectivity index (χ1) is 7.46. The Bertz CT molecular complexity index is 261. The molecule has 0 amide bonds. The van der Waals surface area contributed by atoms with Gasteiger partial charge in [-0.2, -0.15) is 0 Å². The van der Waals surface area contributed by atoms with E-state index in [1.165, 1.54) is 0 Å². The van der Waals surface area contributed by atoms with Crippen molar-refractivity contribution in [2.75, 3.05) is 18.8 Å². The lowest BCUT2D eigenvalue weighted by molar-refractivity contribution is 0.390. The molecule has 0 heterocycles. The summed E-state index contributed by atoms with van der Waals surface area (Å²) in [6.07, 6.45) is 2.01. The minimum absolute atomic E-state index is 0.0293. The highest BCUT2D eigenvalue weighted by Gasteiger charge is 2.19. The van der Waals surface area contributed by atoms with Crippen LogP contribution in [0.25, 0.3) is 0 Å². The van der Waals surface area contributed by atoms with E-state index in [0.29, 0.717) is 12.5 Å². The van der Waals surface area contributed by atoms with E-state index in [4.69, 9.17) is 0 Å². The second-order valence-electron chi connectivity index (χ2n) is 4.16. The number of sulfonamides is 1. The molecule has 0 bridgehead atoms. The molecule has 0 saturated carbocycles. The Balaban J connectivity index is 4.14. The summed E-state index contributed by atoms with van der Waals surface area (Å²) < 4.78 is 26.2. The van der Waals surface area contributed by atoms with Crippen LogP contribution in [0, 0.1) is 5.92 Å². The topological polar surface area (TPSA) is 58.2 Å². The molecule has 0 rings (SSSR count). The van der Waals surface area contributed by atoms with Gasteiger partial charge in [0.1, 0.15) is 0 Å². The third kappa shape index (κ3) is 6.45. The Kier molecular flexibility index (Phi) is 7.97. The molecule has 98 valence electrons. The van der Waals surface area contributed by atoms with Crippen LogP contribution < -0.4 is 10.0 Å². The fraction of sp³-hybridized carbons (Fsp3) is 1.00. The third-order valence-electron chi connectivity index (χ3n) is 2.92. The number of rotatable bonds is 9. The normalized spacial score (nSPS) is 14.3. The first-order valence-electron chi connectivity index (χ1n) is 6.17. The van der Waals surface area contributed by atoms with Crippen molar-refractivity contribution >= 4 is 10.0 Å². The summed E-state index contributed by atoms with van der Waals surface area (Å²) in [5.41, 5.74) is 0. The molecule has 0 radical (unpaired) electrons. The van der Waals surface area contributed by atoms with Crippen molar-refractivity contribution in [3.05, 3.63) is 0 Å². The van der Waals surface area contributed by atoms with Gasteiger partial charge in [-0.15, -0.1) is 0 Å². The van der Waals surface area contributed by atoms with Gasteiger partial charge in [-0.05, 0) is 19.4 Å². The van der Waals surface area contributed by atoms with Crippen molar-refractivity contribution in [1.29, 1.82) is 0 Å².